The Morgan fingerprint density at radius 1 is 1.30 bits per heavy atom. The van der Waals surface area contributed by atoms with Crippen molar-refractivity contribution in [3.63, 3.8) is 0 Å². The van der Waals surface area contributed by atoms with Crippen molar-refractivity contribution < 1.29 is 14.3 Å². The highest BCUT2D eigenvalue weighted by Gasteiger charge is 2.23. The van der Waals surface area contributed by atoms with Crippen LogP contribution in [0, 0.1) is 11.8 Å². The molecule has 0 radical (unpaired) electrons. The maximum Gasteiger partial charge on any atom is 0.310 e. The summed E-state index contributed by atoms with van der Waals surface area (Å²) in [5, 5.41) is 0. The predicted molar refractivity (Wildman–Crippen MR) is 76.2 cm³/mol. The molecule has 0 aliphatic carbocycles. The van der Waals surface area contributed by atoms with Gasteiger partial charge in [0.2, 0.25) is 0 Å². The first-order chi connectivity index (χ1) is 9.45. The summed E-state index contributed by atoms with van der Waals surface area (Å²) in [6.45, 7) is 6.77. The van der Waals surface area contributed by atoms with Crippen molar-refractivity contribution in [2.45, 2.75) is 20.8 Å². The van der Waals surface area contributed by atoms with Gasteiger partial charge < -0.3 is 9.64 Å². The number of methoxy groups -OCH3 is 1. The molecule has 1 unspecified atom stereocenters. The van der Waals surface area contributed by atoms with Gasteiger partial charge in [-0.1, -0.05) is 20.8 Å². The number of ether oxygens (including phenoxy) is 1. The monoisotopic (exact) mass is 278 g/mol. The van der Waals surface area contributed by atoms with Gasteiger partial charge in [-0.3, -0.25) is 14.6 Å². The van der Waals surface area contributed by atoms with E-state index in [1.54, 1.807) is 36.4 Å². The van der Waals surface area contributed by atoms with Crippen LogP contribution in [0.15, 0.2) is 24.5 Å². The molecule has 0 saturated carbocycles. The summed E-state index contributed by atoms with van der Waals surface area (Å²) in [4.78, 5) is 29.6. The highest BCUT2D eigenvalue weighted by atomic mass is 16.5. The van der Waals surface area contributed by atoms with E-state index in [2.05, 4.69) is 4.98 Å². The van der Waals surface area contributed by atoms with Crippen LogP contribution in [-0.2, 0) is 9.53 Å². The lowest BCUT2D eigenvalue weighted by Crippen LogP contribution is -2.39. The zero-order valence-corrected chi connectivity index (χ0v) is 12.5. The molecule has 0 fully saturated rings. The summed E-state index contributed by atoms with van der Waals surface area (Å²) in [5.74, 6) is -0.444. The summed E-state index contributed by atoms with van der Waals surface area (Å²) in [5.41, 5.74) is 0.533. The van der Waals surface area contributed by atoms with E-state index in [0.717, 1.165) is 0 Å². The van der Waals surface area contributed by atoms with Crippen LogP contribution in [0.4, 0.5) is 0 Å². The Labute approximate surface area is 119 Å². The fraction of sp³-hybridized carbons (Fsp3) is 0.533. The maximum atomic E-state index is 12.5. The number of esters is 1. The molecule has 1 aromatic heterocycles. The number of hydrogen-bond acceptors (Lipinski definition) is 4. The number of carbonyl (C=O) groups is 2. The molecular formula is C15H22N2O3. The Balaban J connectivity index is 2.84. The maximum absolute atomic E-state index is 12.5. The Hall–Kier alpha value is -1.91. The number of rotatable bonds is 6. The minimum absolute atomic E-state index is 0.109. The molecule has 0 spiro atoms. The summed E-state index contributed by atoms with van der Waals surface area (Å²) in [6.07, 6.45) is 3.17. The van der Waals surface area contributed by atoms with Gasteiger partial charge in [-0.25, -0.2) is 0 Å². The highest BCUT2D eigenvalue weighted by Crippen LogP contribution is 2.10. The number of nitrogens with zero attached hydrogens (tertiary/aromatic N) is 2. The molecule has 110 valence electrons. The number of aromatic nitrogens is 1. The molecule has 0 aliphatic rings. The first-order valence-electron chi connectivity index (χ1n) is 6.72. The van der Waals surface area contributed by atoms with Gasteiger partial charge in [0.15, 0.2) is 0 Å². The van der Waals surface area contributed by atoms with E-state index in [4.69, 9.17) is 4.74 Å². The van der Waals surface area contributed by atoms with Crippen LogP contribution in [0.25, 0.3) is 0 Å². The summed E-state index contributed by atoms with van der Waals surface area (Å²) < 4.78 is 4.71. The molecule has 1 amide bonds. The van der Waals surface area contributed by atoms with Gasteiger partial charge in [0.25, 0.3) is 5.91 Å². The van der Waals surface area contributed by atoms with Crippen molar-refractivity contribution in [3.8, 4) is 0 Å². The largest absolute Gasteiger partial charge is 0.469 e. The van der Waals surface area contributed by atoms with E-state index in [1.807, 2.05) is 13.8 Å². The molecule has 0 aromatic carbocycles. The van der Waals surface area contributed by atoms with Crippen molar-refractivity contribution in [1.82, 2.24) is 9.88 Å². The molecule has 1 atom stereocenters. The molecule has 1 aromatic rings. The van der Waals surface area contributed by atoms with Crippen LogP contribution >= 0.6 is 0 Å². The second-order valence-electron chi connectivity index (χ2n) is 5.27. The molecule has 5 heteroatoms. The van der Waals surface area contributed by atoms with Crippen molar-refractivity contribution in [2.75, 3.05) is 20.2 Å². The number of hydrogen-bond donors (Lipinski definition) is 0. The van der Waals surface area contributed by atoms with E-state index in [0.29, 0.717) is 24.6 Å². The smallest absolute Gasteiger partial charge is 0.310 e. The van der Waals surface area contributed by atoms with Gasteiger partial charge in [0.1, 0.15) is 0 Å². The Kier molecular flexibility index (Phi) is 6.15. The molecule has 20 heavy (non-hydrogen) atoms. The lowest BCUT2D eigenvalue weighted by atomic mass is 10.1. The predicted octanol–water partition coefficient (Wildman–Crippen LogP) is 1.99. The van der Waals surface area contributed by atoms with E-state index in [9.17, 15) is 9.59 Å². The Bertz CT molecular complexity index is 446. The number of carbonyl (C=O) groups excluding carboxylic acids is 2. The summed E-state index contributed by atoms with van der Waals surface area (Å²) >= 11 is 0. The average molecular weight is 278 g/mol. The van der Waals surface area contributed by atoms with Crippen LogP contribution < -0.4 is 0 Å². The van der Waals surface area contributed by atoms with E-state index in [-0.39, 0.29) is 17.8 Å². The Morgan fingerprint density at radius 3 is 2.50 bits per heavy atom. The SMILES string of the molecule is COC(=O)C(C)CN(CC(C)C)C(=O)c1cccnc1. The second kappa shape index (κ2) is 7.62. The van der Waals surface area contributed by atoms with Crippen molar-refractivity contribution in [3.05, 3.63) is 30.1 Å². The van der Waals surface area contributed by atoms with E-state index in [1.165, 1.54) is 7.11 Å². The molecular weight excluding hydrogens is 256 g/mol. The summed E-state index contributed by atoms with van der Waals surface area (Å²) in [7, 11) is 1.36. The van der Waals surface area contributed by atoms with Gasteiger partial charge in [-0.15, -0.1) is 0 Å². The quantitative estimate of drug-likeness (QED) is 0.747. The molecule has 0 saturated heterocycles. The lowest BCUT2D eigenvalue weighted by molar-refractivity contribution is -0.145. The third-order valence-electron chi connectivity index (χ3n) is 2.88. The average Bonchev–Trinajstić information content (AvgIpc) is 2.45. The molecule has 0 aliphatic heterocycles. The molecule has 1 rings (SSSR count). The van der Waals surface area contributed by atoms with Crippen LogP contribution in [0.3, 0.4) is 0 Å². The zero-order valence-electron chi connectivity index (χ0n) is 12.5. The third-order valence-corrected chi connectivity index (χ3v) is 2.88. The molecule has 5 nitrogen and oxygen atoms in total. The standard InChI is InChI=1S/C15H22N2O3/c1-11(2)9-17(10-12(3)15(19)20-4)14(18)13-6-5-7-16-8-13/h5-8,11-12H,9-10H2,1-4H3. The third kappa shape index (κ3) is 4.64. The van der Waals surface area contributed by atoms with Crippen LogP contribution in [0.2, 0.25) is 0 Å². The van der Waals surface area contributed by atoms with Crippen LogP contribution in [0.1, 0.15) is 31.1 Å². The van der Waals surface area contributed by atoms with Gasteiger partial charge in [0.05, 0.1) is 18.6 Å². The Morgan fingerprint density at radius 2 is 2.00 bits per heavy atom. The molecule has 0 N–H and O–H groups in total. The minimum atomic E-state index is -0.348. The van der Waals surface area contributed by atoms with Gasteiger partial charge >= 0.3 is 5.97 Å². The molecule has 1 heterocycles. The second-order valence-corrected chi connectivity index (χ2v) is 5.27. The van der Waals surface area contributed by atoms with E-state index < -0.39 is 0 Å². The topological polar surface area (TPSA) is 59.5 Å². The number of amides is 1. The fourth-order valence-electron chi connectivity index (χ4n) is 1.96. The first kappa shape index (κ1) is 16.1. The molecule has 0 bridgehead atoms. The first-order valence-corrected chi connectivity index (χ1v) is 6.72. The van der Waals surface area contributed by atoms with Gasteiger partial charge in [0, 0.05) is 25.5 Å². The van der Waals surface area contributed by atoms with Crippen molar-refractivity contribution in [2.24, 2.45) is 11.8 Å². The van der Waals surface area contributed by atoms with Crippen molar-refractivity contribution >= 4 is 11.9 Å². The van der Waals surface area contributed by atoms with Gasteiger partial charge in [-0.2, -0.15) is 0 Å². The number of pyridine rings is 1. The van der Waals surface area contributed by atoms with Crippen LogP contribution in [-0.4, -0.2) is 42.0 Å². The van der Waals surface area contributed by atoms with Gasteiger partial charge in [-0.05, 0) is 18.1 Å². The van der Waals surface area contributed by atoms with Crippen LogP contribution in [0.5, 0.6) is 0 Å². The van der Waals surface area contributed by atoms with Crippen molar-refractivity contribution in [1.29, 1.82) is 0 Å². The highest BCUT2D eigenvalue weighted by molar-refractivity contribution is 5.94. The summed E-state index contributed by atoms with van der Waals surface area (Å²) in [6, 6.07) is 3.45. The minimum Gasteiger partial charge on any atom is -0.469 e. The lowest BCUT2D eigenvalue weighted by Gasteiger charge is -2.26. The zero-order chi connectivity index (χ0) is 15.1. The normalized spacial score (nSPS) is 12.1. The fourth-order valence-corrected chi connectivity index (χ4v) is 1.96. The van der Waals surface area contributed by atoms with E-state index >= 15 is 0 Å².